The highest BCUT2D eigenvalue weighted by atomic mass is 32.3. The summed E-state index contributed by atoms with van der Waals surface area (Å²) in [6.45, 7) is 14.1. The Morgan fingerprint density at radius 1 is 0.880 bits per heavy atom. The van der Waals surface area contributed by atoms with Gasteiger partial charge >= 0.3 is 11.0 Å². The second-order valence-corrected chi connectivity index (χ2v) is 8.10. The van der Waals surface area contributed by atoms with Crippen LogP contribution in [0.5, 0.6) is 0 Å². The number of sulfonamides is 2. The van der Waals surface area contributed by atoms with Gasteiger partial charge in [-0.15, -0.1) is 0 Å². The molecule has 0 saturated heterocycles. The lowest BCUT2D eigenvalue weighted by Crippen LogP contribution is -2.42. The van der Waals surface area contributed by atoms with E-state index in [-0.39, 0.29) is 0 Å². The summed E-state index contributed by atoms with van der Waals surface area (Å²) in [5.74, 6) is 0. The van der Waals surface area contributed by atoms with E-state index >= 15 is 0 Å². The van der Waals surface area contributed by atoms with Gasteiger partial charge in [0.2, 0.25) is 0 Å². The molecule has 0 amide bonds. The lowest BCUT2D eigenvalue weighted by molar-refractivity contribution is -0.875. The van der Waals surface area contributed by atoms with Gasteiger partial charge in [-0.25, -0.2) is 16.8 Å². The van der Waals surface area contributed by atoms with Crippen LogP contribution in [-0.4, -0.2) is 52.0 Å². The second kappa shape index (κ2) is 9.19. The molecule has 0 aliphatic carbocycles. The number of alkyl halides is 6. The Hall–Kier alpha value is -0.860. The van der Waals surface area contributed by atoms with Gasteiger partial charge in [-0.3, -0.25) is 4.48 Å². The van der Waals surface area contributed by atoms with Gasteiger partial charge in [-0.05, 0) is 26.8 Å². The maximum absolute atomic E-state index is 11.4. The zero-order chi connectivity index (χ0) is 20.7. The zero-order valence-corrected chi connectivity index (χ0v) is 15.4. The summed E-state index contributed by atoms with van der Waals surface area (Å²) < 4.78 is 110. The number of halogens is 6. The van der Waals surface area contributed by atoms with Crippen molar-refractivity contribution in [1.82, 2.24) is 0 Å². The third kappa shape index (κ3) is 7.92. The van der Waals surface area contributed by atoms with Crippen molar-refractivity contribution < 1.29 is 47.7 Å². The quantitative estimate of drug-likeness (QED) is 0.465. The molecule has 0 aromatic carbocycles. The Labute approximate surface area is 143 Å². The molecule has 0 aromatic heterocycles. The van der Waals surface area contributed by atoms with Gasteiger partial charge in [0, 0.05) is 0 Å². The molecule has 25 heavy (non-hydrogen) atoms. The Kier molecular flexibility index (Phi) is 9.69. The molecule has 152 valence electrons. The molecular weight excluding hydrogens is 402 g/mol. The van der Waals surface area contributed by atoms with Gasteiger partial charge in [0.1, 0.15) is 0 Å². The molecule has 0 aliphatic heterocycles. The molecule has 0 heterocycles. The first kappa shape index (κ1) is 26.4. The molecule has 0 fully saturated rings. The fourth-order valence-electron chi connectivity index (χ4n) is 1.55. The molecule has 0 bridgehead atoms. The van der Waals surface area contributed by atoms with Crippen LogP contribution >= 0.6 is 0 Å². The van der Waals surface area contributed by atoms with E-state index in [2.05, 4.69) is 33.6 Å². The van der Waals surface area contributed by atoms with Crippen molar-refractivity contribution in [1.29, 1.82) is 0 Å². The van der Waals surface area contributed by atoms with E-state index in [9.17, 15) is 43.2 Å². The fourth-order valence-corrected chi connectivity index (χ4v) is 3.26. The Bertz CT molecular complexity index is 580. The molecule has 0 aromatic rings. The summed E-state index contributed by atoms with van der Waals surface area (Å²) in [5.41, 5.74) is -12.4. The summed E-state index contributed by atoms with van der Waals surface area (Å²) in [5, 5.41) is 0. The van der Waals surface area contributed by atoms with Gasteiger partial charge in [0.05, 0.1) is 25.8 Å². The largest absolute Gasteiger partial charge is 0.480 e. The first-order valence-electron chi connectivity index (χ1n) is 6.81. The van der Waals surface area contributed by atoms with Crippen molar-refractivity contribution in [3.8, 4) is 0 Å². The zero-order valence-electron chi connectivity index (χ0n) is 13.7. The average molecular weight is 422 g/mol. The van der Waals surface area contributed by atoms with Crippen LogP contribution in [0.1, 0.15) is 27.2 Å². The molecule has 0 atom stereocenters. The van der Waals surface area contributed by atoms with Gasteiger partial charge in [0.25, 0.3) is 0 Å². The minimum atomic E-state index is -6.72. The first-order chi connectivity index (χ1) is 10.9. The van der Waals surface area contributed by atoms with Crippen LogP contribution in [0, 0.1) is 0 Å². The molecule has 0 spiro atoms. The van der Waals surface area contributed by atoms with Gasteiger partial charge in [0.15, 0.2) is 20.0 Å². The van der Waals surface area contributed by atoms with Gasteiger partial charge in [-0.1, -0.05) is 6.92 Å². The molecule has 14 heteroatoms. The summed E-state index contributed by atoms with van der Waals surface area (Å²) >= 11 is 0. The van der Waals surface area contributed by atoms with Crippen LogP contribution in [-0.2, 0) is 20.0 Å². The standard InChI is InChI=1S/C9H20N.C2F6NO4S2/c1-5-9-10(6-2,7-3)8-4;3-1(4,5)14(10,11)9-15(12,13)2(6,7)8/h6H,2,5,7-9H2,1,3-4H3;/q+1;-1. The van der Waals surface area contributed by atoms with E-state index in [0.717, 1.165) is 8.61 Å². The lowest BCUT2D eigenvalue weighted by Gasteiger charge is -2.31. The van der Waals surface area contributed by atoms with Crippen LogP contribution < -0.4 is 0 Å². The summed E-state index contributed by atoms with van der Waals surface area (Å²) in [6, 6.07) is 0. The molecule has 0 aliphatic rings. The maximum atomic E-state index is 11.4. The van der Waals surface area contributed by atoms with Crippen LogP contribution in [0.25, 0.3) is 4.13 Å². The molecule has 0 saturated carbocycles. The predicted molar refractivity (Wildman–Crippen MR) is 80.0 cm³/mol. The minimum Gasteiger partial charge on any atom is -0.421 e. The normalized spacial score (nSPS) is 13.8. The van der Waals surface area contributed by atoms with E-state index in [0.29, 0.717) is 0 Å². The number of nitrogens with zero attached hydrogens (tertiary/aromatic N) is 2. The number of hydrogen-bond donors (Lipinski definition) is 0. The highest BCUT2D eigenvalue weighted by molar-refractivity contribution is 8.13. The Morgan fingerprint density at radius 3 is 1.32 bits per heavy atom. The van der Waals surface area contributed by atoms with Crippen molar-refractivity contribution in [3.63, 3.8) is 0 Å². The van der Waals surface area contributed by atoms with Gasteiger partial charge in [-0.2, -0.15) is 26.3 Å². The number of quaternary nitrogens is 1. The Morgan fingerprint density at radius 2 is 1.20 bits per heavy atom. The molecule has 0 radical (unpaired) electrons. The fraction of sp³-hybridized carbons (Fsp3) is 0.818. The third-order valence-corrected chi connectivity index (χ3v) is 5.84. The van der Waals surface area contributed by atoms with E-state index in [1.54, 1.807) is 0 Å². The van der Waals surface area contributed by atoms with Crippen LogP contribution in [0.4, 0.5) is 26.3 Å². The van der Waals surface area contributed by atoms with Crippen molar-refractivity contribution in [2.45, 2.75) is 38.2 Å². The third-order valence-electron chi connectivity index (χ3n) is 3.10. The highest BCUT2D eigenvalue weighted by Crippen LogP contribution is 2.36. The number of hydrogen-bond acceptors (Lipinski definition) is 4. The van der Waals surface area contributed by atoms with Crippen molar-refractivity contribution in [3.05, 3.63) is 16.9 Å². The molecular formula is C11H20F6N2O4S2. The minimum absolute atomic E-state index is 0.778. The lowest BCUT2D eigenvalue weighted by atomic mass is 10.3. The topological polar surface area (TPSA) is 82.4 Å². The predicted octanol–water partition coefficient (Wildman–Crippen LogP) is 3.46. The molecule has 0 rings (SSSR count). The summed E-state index contributed by atoms with van der Waals surface area (Å²) in [4.78, 5) is 0. The number of rotatable bonds is 7. The maximum Gasteiger partial charge on any atom is 0.480 e. The first-order valence-corrected chi connectivity index (χ1v) is 9.69. The molecule has 6 nitrogen and oxygen atoms in total. The highest BCUT2D eigenvalue weighted by Gasteiger charge is 2.46. The van der Waals surface area contributed by atoms with Crippen LogP contribution in [0.15, 0.2) is 12.8 Å². The van der Waals surface area contributed by atoms with E-state index in [4.69, 9.17) is 0 Å². The second-order valence-electron chi connectivity index (χ2n) is 4.67. The molecule has 0 unspecified atom stereocenters. The van der Waals surface area contributed by atoms with Crippen molar-refractivity contribution >= 4 is 20.0 Å². The summed E-state index contributed by atoms with van der Waals surface area (Å²) in [7, 11) is -13.4. The monoisotopic (exact) mass is 422 g/mol. The van der Waals surface area contributed by atoms with E-state index in [1.807, 2.05) is 0 Å². The molecule has 0 N–H and O–H groups in total. The smallest absolute Gasteiger partial charge is 0.421 e. The van der Waals surface area contributed by atoms with Crippen molar-refractivity contribution in [2.75, 3.05) is 19.6 Å². The van der Waals surface area contributed by atoms with Crippen LogP contribution in [0.2, 0.25) is 0 Å². The SMILES string of the molecule is C=C[N+](CC)(CC)CCC.O=S(=O)([N-]S(=O)(=O)C(F)(F)F)C(F)(F)F. The van der Waals surface area contributed by atoms with E-state index in [1.165, 1.54) is 26.1 Å². The van der Waals surface area contributed by atoms with Crippen molar-refractivity contribution in [2.24, 2.45) is 0 Å². The Balaban J connectivity index is 0. The van der Waals surface area contributed by atoms with Crippen LogP contribution in [0.3, 0.4) is 0 Å². The van der Waals surface area contributed by atoms with E-state index < -0.39 is 31.1 Å². The summed E-state index contributed by atoms with van der Waals surface area (Å²) in [6.07, 6.45) is 3.32. The van der Waals surface area contributed by atoms with Gasteiger partial charge < -0.3 is 4.13 Å². The average Bonchev–Trinajstić information content (AvgIpc) is 2.42.